The highest BCUT2D eigenvalue weighted by molar-refractivity contribution is 7.89. The Bertz CT molecular complexity index is 1010. The SMILES string of the molecule is C[C@H](NS(=O)(=O)c1ccccc1C(F)(F)F)c1nnc2ccccn12. The molecule has 1 N–H and O–H groups in total. The molecule has 0 spiro atoms. The molecule has 25 heavy (non-hydrogen) atoms. The lowest BCUT2D eigenvalue weighted by atomic mass is 10.2. The van der Waals surface area contributed by atoms with Gasteiger partial charge in [0.25, 0.3) is 0 Å². The first kappa shape index (κ1) is 17.4. The van der Waals surface area contributed by atoms with Crippen LogP contribution < -0.4 is 4.72 Å². The molecule has 0 saturated heterocycles. The van der Waals surface area contributed by atoms with Crippen molar-refractivity contribution in [1.29, 1.82) is 0 Å². The molecule has 0 amide bonds. The van der Waals surface area contributed by atoms with Crippen LogP contribution in [0.3, 0.4) is 0 Å². The second-order valence-electron chi connectivity index (χ2n) is 5.32. The normalized spacial score (nSPS) is 13.9. The number of hydrogen-bond acceptors (Lipinski definition) is 4. The molecule has 0 aliphatic heterocycles. The van der Waals surface area contributed by atoms with E-state index in [1.54, 1.807) is 28.8 Å². The second-order valence-corrected chi connectivity index (χ2v) is 7.01. The summed E-state index contributed by atoms with van der Waals surface area (Å²) in [5, 5.41) is 7.81. The molecule has 0 fully saturated rings. The number of halogens is 3. The molecular formula is C15H13F3N4O2S. The average molecular weight is 370 g/mol. The Labute approximate surface area is 141 Å². The van der Waals surface area contributed by atoms with Gasteiger partial charge in [-0.15, -0.1) is 10.2 Å². The first-order chi connectivity index (χ1) is 11.7. The van der Waals surface area contributed by atoms with Crippen LogP contribution in [0.2, 0.25) is 0 Å². The van der Waals surface area contributed by atoms with Gasteiger partial charge in [0, 0.05) is 6.20 Å². The van der Waals surface area contributed by atoms with Crippen molar-refractivity contribution in [3.63, 3.8) is 0 Å². The molecule has 132 valence electrons. The summed E-state index contributed by atoms with van der Waals surface area (Å²) in [7, 11) is -4.42. The Balaban J connectivity index is 1.97. The van der Waals surface area contributed by atoms with Gasteiger partial charge in [-0.25, -0.2) is 13.1 Å². The lowest BCUT2D eigenvalue weighted by Crippen LogP contribution is -2.30. The quantitative estimate of drug-likeness (QED) is 0.766. The van der Waals surface area contributed by atoms with E-state index < -0.39 is 32.7 Å². The van der Waals surface area contributed by atoms with Crippen LogP contribution in [0.5, 0.6) is 0 Å². The Morgan fingerprint density at radius 1 is 1.08 bits per heavy atom. The first-order valence-electron chi connectivity index (χ1n) is 7.18. The highest BCUT2D eigenvalue weighted by Crippen LogP contribution is 2.34. The van der Waals surface area contributed by atoms with E-state index >= 15 is 0 Å². The highest BCUT2D eigenvalue weighted by Gasteiger charge is 2.37. The lowest BCUT2D eigenvalue weighted by molar-refractivity contribution is -0.139. The zero-order chi connectivity index (χ0) is 18.2. The summed E-state index contributed by atoms with van der Waals surface area (Å²) in [6, 6.07) is 8.26. The van der Waals surface area contributed by atoms with Crippen LogP contribution in [-0.4, -0.2) is 23.0 Å². The number of nitrogens with zero attached hydrogens (tertiary/aromatic N) is 3. The Hall–Kier alpha value is -2.46. The zero-order valence-corrected chi connectivity index (χ0v) is 13.7. The highest BCUT2D eigenvalue weighted by atomic mass is 32.2. The molecule has 10 heteroatoms. The van der Waals surface area contributed by atoms with Crippen molar-refractivity contribution in [2.75, 3.05) is 0 Å². The smallest absolute Gasteiger partial charge is 0.285 e. The standard InChI is InChI=1S/C15H13F3N4O2S/c1-10(14-20-19-13-8-4-5-9-22(13)14)21-25(23,24)12-7-3-2-6-11(12)15(16,17)18/h2-10,21H,1H3/t10-/m0/s1. The van der Waals surface area contributed by atoms with Gasteiger partial charge in [-0.3, -0.25) is 4.40 Å². The number of sulfonamides is 1. The Morgan fingerprint density at radius 3 is 2.48 bits per heavy atom. The summed E-state index contributed by atoms with van der Waals surface area (Å²) in [5.41, 5.74) is -0.722. The van der Waals surface area contributed by atoms with Crippen LogP contribution in [0.4, 0.5) is 13.2 Å². The van der Waals surface area contributed by atoms with Crippen LogP contribution in [0.25, 0.3) is 5.65 Å². The zero-order valence-electron chi connectivity index (χ0n) is 12.9. The van der Waals surface area contributed by atoms with Gasteiger partial charge in [-0.1, -0.05) is 18.2 Å². The number of aromatic nitrogens is 3. The summed E-state index contributed by atoms with van der Waals surface area (Å²) in [6.45, 7) is 1.48. The predicted molar refractivity (Wildman–Crippen MR) is 83.2 cm³/mol. The van der Waals surface area contributed by atoms with Crippen molar-refractivity contribution in [3.05, 3.63) is 60.0 Å². The summed E-state index contributed by atoms with van der Waals surface area (Å²) in [6.07, 6.45) is -3.14. The Morgan fingerprint density at radius 2 is 1.76 bits per heavy atom. The number of fused-ring (bicyclic) bond motifs is 1. The van der Waals surface area contributed by atoms with Gasteiger partial charge in [0.2, 0.25) is 10.0 Å². The van der Waals surface area contributed by atoms with Crippen molar-refractivity contribution >= 4 is 15.7 Å². The third kappa shape index (κ3) is 3.35. The van der Waals surface area contributed by atoms with E-state index in [0.29, 0.717) is 5.65 Å². The van der Waals surface area contributed by atoms with Crippen LogP contribution in [0.1, 0.15) is 24.4 Å². The number of benzene rings is 1. The molecule has 0 aliphatic rings. The molecule has 2 heterocycles. The van der Waals surface area contributed by atoms with Crippen LogP contribution in [0, 0.1) is 0 Å². The molecule has 6 nitrogen and oxygen atoms in total. The van der Waals surface area contributed by atoms with Gasteiger partial charge in [-0.05, 0) is 31.2 Å². The average Bonchev–Trinajstić information content (AvgIpc) is 2.98. The summed E-state index contributed by atoms with van der Waals surface area (Å²) in [4.78, 5) is -0.830. The fourth-order valence-electron chi connectivity index (χ4n) is 2.44. The number of pyridine rings is 1. The van der Waals surface area contributed by atoms with Gasteiger partial charge in [-0.2, -0.15) is 13.2 Å². The fraction of sp³-hybridized carbons (Fsp3) is 0.200. The molecule has 0 saturated carbocycles. The summed E-state index contributed by atoms with van der Waals surface area (Å²) >= 11 is 0. The van der Waals surface area contributed by atoms with Gasteiger partial charge in [0.15, 0.2) is 11.5 Å². The minimum Gasteiger partial charge on any atom is -0.285 e. The van der Waals surface area contributed by atoms with E-state index in [1.807, 2.05) is 0 Å². The van der Waals surface area contributed by atoms with Crippen molar-refractivity contribution in [3.8, 4) is 0 Å². The van der Waals surface area contributed by atoms with Gasteiger partial charge in [0.05, 0.1) is 16.5 Å². The number of hydrogen-bond donors (Lipinski definition) is 1. The van der Waals surface area contributed by atoms with Crippen molar-refractivity contribution in [2.24, 2.45) is 0 Å². The molecule has 3 aromatic rings. The monoisotopic (exact) mass is 370 g/mol. The van der Waals surface area contributed by atoms with E-state index in [-0.39, 0.29) is 5.82 Å². The fourth-order valence-corrected chi connectivity index (χ4v) is 3.87. The maximum Gasteiger partial charge on any atom is 0.417 e. The van der Waals surface area contributed by atoms with Crippen LogP contribution in [-0.2, 0) is 16.2 Å². The van der Waals surface area contributed by atoms with Gasteiger partial charge >= 0.3 is 6.18 Å². The maximum absolute atomic E-state index is 13.1. The van der Waals surface area contributed by atoms with E-state index in [4.69, 9.17) is 0 Å². The van der Waals surface area contributed by atoms with E-state index in [9.17, 15) is 21.6 Å². The molecule has 0 bridgehead atoms. The molecule has 1 aromatic carbocycles. The predicted octanol–water partition coefficient (Wildman–Crippen LogP) is 2.79. The Kier molecular flexibility index (Phi) is 4.25. The maximum atomic E-state index is 13.1. The molecule has 3 rings (SSSR count). The van der Waals surface area contributed by atoms with Gasteiger partial charge in [0.1, 0.15) is 0 Å². The molecule has 1 atom stereocenters. The van der Waals surface area contributed by atoms with Crippen LogP contribution >= 0.6 is 0 Å². The molecule has 0 unspecified atom stereocenters. The topological polar surface area (TPSA) is 76.4 Å². The first-order valence-corrected chi connectivity index (χ1v) is 8.67. The minimum absolute atomic E-state index is 0.267. The van der Waals surface area contributed by atoms with Crippen molar-refractivity contribution < 1.29 is 21.6 Å². The number of nitrogens with one attached hydrogen (secondary N) is 1. The lowest BCUT2D eigenvalue weighted by Gasteiger charge is -2.16. The molecule has 0 aliphatic carbocycles. The summed E-state index contributed by atoms with van der Waals surface area (Å²) < 4.78 is 68.0. The van der Waals surface area contributed by atoms with E-state index in [0.717, 1.165) is 18.2 Å². The molecule has 0 radical (unpaired) electrons. The second kappa shape index (κ2) is 6.12. The van der Waals surface area contributed by atoms with Gasteiger partial charge < -0.3 is 0 Å². The summed E-state index contributed by atoms with van der Waals surface area (Å²) in [5.74, 6) is 0.267. The largest absolute Gasteiger partial charge is 0.417 e. The number of alkyl halides is 3. The third-order valence-electron chi connectivity index (χ3n) is 3.54. The van der Waals surface area contributed by atoms with E-state index in [1.165, 1.54) is 13.0 Å². The van der Waals surface area contributed by atoms with Crippen molar-refractivity contribution in [1.82, 2.24) is 19.3 Å². The van der Waals surface area contributed by atoms with Crippen molar-refractivity contribution in [2.45, 2.75) is 24.0 Å². The third-order valence-corrected chi connectivity index (χ3v) is 5.14. The molecular weight excluding hydrogens is 357 g/mol. The van der Waals surface area contributed by atoms with Crippen LogP contribution in [0.15, 0.2) is 53.6 Å². The number of rotatable bonds is 4. The molecule has 2 aromatic heterocycles. The van der Waals surface area contributed by atoms with E-state index in [2.05, 4.69) is 14.9 Å². The minimum atomic E-state index is -4.78.